The van der Waals surface area contributed by atoms with Crippen LogP contribution in [0, 0.1) is 0 Å². The van der Waals surface area contributed by atoms with Crippen LogP contribution in [0.3, 0.4) is 0 Å². The lowest BCUT2D eigenvalue weighted by Gasteiger charge is -2.14. The van der Waals surface area contributed by atoms with Gasteiger partial charge in [-0.25, -0.2) is 0 Å². The second kappa shape index (κ2) is 7.23. The number of likely N-dealkylation sites (N-methyl/N-ethyl adjacent to an activating group) is 1. The fraction of sp³-hybridized carbons (Fsp3) is 0.800. The number of ether oxygens (including phenoxy) is 1. The van der Waals surface area contributed by atoms with Crippen molar-refractivity contribution in [2.24, 2.45) is 0 Å². The zero-order valence-electron chi connectivity index (χ0n) is 9.52. The van der Waals surface area contributed by atoms with Crippen LogP contribution in [-0.2, 0) is 14.3 Å². The van der Waals surface area contributed by atoms with E-state index in [1.165, 1.54) is 11.9 Å². The first-order valence-electron chi connectivity index (χ1n) is 5.01. The van der Waals surface area contributed by atoms with Gasteiger partial charge in [0.05, 0.1) is 6.10 Å². The maximum atomic E-state index is 11.3. The molecule has 0 unspecified atom stereocenters. The summed E-state index contributed by atoms with van der Waals surface area (Å²) in [5.74, 6) is -1.16. The molecule has 88 valence electrons. The monoisotopic (exact) mass is 217 g/mol. The Morgan fingerprint density at radius 2 is 2.00 bits per heavy atom. The molecule has 0 spiro atoms. The predicted molar refractivity (Wildman–Crippen MR) is 55.6 cm³/mol. The molecule has 0 bridgehead atoms. The van der Waals surface area contributed by atoms with Gasteiger partial charge in [0, 0.05) is 20.1 Å². The lowest BCUT2D eigenvalue weighted by molar-refractivity contribution is -0.143. The number of carboxylic acids is 1. The number of hydrogen-bond donors (Lipinski definition) is 1. The molecule has 15 heavy (non-hydrogen) atoms. The topological polar surface area (TPSA) is 66.8 Å². The third-order valence-corrected chi connectivity index (χ3v) is 1.78. The summed E-state index contributed by atoms with van der Waals surface area (Å²) in [7, 11) is 1.49. The Bertz CT molecular complexity index is 215. The molecule has 0 aromatic heterocycles. The highest BCUT2D eigenvalue weighted by Crippen LogP contribution is 1.98. The minimum absolute atomic E-state index is 0.162. The largest absolute Gasteiger partial charge is 0.480 e. The van der Waals surface area contributed by atoms with Crippen LogP contribution >= 0.6 is 0 Å². The van der Waals surface area contributed by atoms with E-state index >= 15 is 0 Å². The lowest BCUT2D eigenvalue weighted by atomic mass is 10.3. The van der Waals surface area contributed by atoms with Crippen molar-refractivity contribution < 1.29 is 19.4 Å². The van der Waals surface area contributed by atoms with E-state index in [4.69, 9.17) is 9.84 Å². The lowest BCUT2D eigenvalue weighted by Crippen LogP contribution is -2.31. The first-order chi connectivity index (χ1) is 6.93. The Morgan fingerprint density at radius 3 is 2.47 bits per heavy atom. The van der Waals surface area contributed by atoms with Gasteiger partial charge in [-0.1, -0.05) is 0 Å². The number of carboxylic acid groups (broad SMARTS) is 1. The molecule has 0 radical (unpaired) electrons. The van der Waals surface area contributed by atoms with Crippen LogP contribution in [0.15, 0.2) is 0 Å². The zero-order valence-corrected chi connectivity index (χ0v) is 9.52. The average molecular weight is 217 g/mol. The summed E-state index contributed by atoms with van der Waals surface area (Å²) in [5, 5.41) is 8.46. The molecule has 5 nitrogen and oxygen atoms in total. The van der Waals surface area contributed by atoms with Gasteiger partial charge < -0.3 is 14.7 Å². The summed E-state index contributed by atoms with van der Waals surface area (Å²) < 4.78 is 5.27. The molecule has 0 aliphatic heterocycles. The minimum atomic E-state index is -0.996. The van der Waals surface area contributed by atoms with Crippen LogP contribution in [0.25, 0.3) is 0 Å². The predicted octanol–water partition coefficient (Wildman–Crippen LogP) is 0.735. The average Bonchev–Trinajstić information content (AvgIpc) is 2.10. The molecule has 0 aromatic carbocycles. The van der Waals surface area contributed by atoms with E-state index in [2.05, 4.69) is 0 Å². The molecule has 0 heterocycles. The summed E-state index contributed by atoms with van der Waals surface area (Å²) in [6.07, 6.45) is 1.12. The van der Waals surface area contributed by atoms with Crippen LogP contribution in [0.2, 0.25) is 0 Å². The van der Waals surface area contributed by atoms with E-state index in [9.17, 15) is 9.59 Å². The van der Waals surface area contributed by atoms with Gasteiger partial charge in [-0.3, -0.25) is 9.59 Å². The van der Waals surface area contributed by atoms with Crippen molar-refractivity contribution in [3.63, 3.8) is 0 Å². The molecule has 0 fully saturated rings. The van der Waals surface area contributed by atoms with Crippen LogP contribution in [-0.4, -0.2) is 48.2 Å². The van der Waals surface area contributed by atoms with Gasteiger partial charge >= 0.3 is 5.97 Å². The Labute approximate surface area is 90.0 Å². The highest BCUT2D eigenvalue weighted by atomic mass is 16.5. The number of hydrogen-bond acceptors (Lipinski definition) is 3. The van der Waals surface area contributed by atoms with E-state index in [1.54, 1.807) is 0 Å². The van der Waals surface area contributed by atoms with Crippen molar-refractivity contribution in [2.45, 2.75) is 32.8 Å². The van der Waals surface area contributed by atoms with Crippen molar-refractivity contribution in [1.29, 1.82) is 0 Å². The quantitative estimate of drug-likeness (QED) is 0.638. The summed E-state index contributed by atoms with van der Waals surface area (Å²) in [5.41, 5.74) is 0. The SMILES string of the molecule is CC(C)OCCCC(=O)N(C)CC(=O)O. The van der Waals surface area contributed by atoms with Gasteiger partial charge in [0.25, 0.3) is 0 Å². The molecule has 1 N–H and O–H groups in total. The Kier molecular flexibility index (Phi) is 6.70. The Hall–Kier alpha value is -1.10. The number of nitrogens with zero attached hydrogens (tertiary/aromatic N) is 1. The summed E-state index contributed by atoms with van der Waals surface area (Å²) in [6, 6.07) is 0. The first kappa shape index (κ1) is 13.9. The molecular formula is C10H19NO4. The van der Waals surface area contributed by atoms with Crippen LogP contribution < -0.4 is 0 Å². The molecule has 0 saturated carbocycles. The van der Waals surface area contributed by atoms with Gasteiger partial charge in [-0.15, -0.1) is 0 Å². The zero-order chi connectivity index (χ0) is 11.8. The Balaban J connectivity index is 3.60. The number of carbonyl (C=O) groups excluding carboxylic acids is 1. The van der Waals surface area contributed by atoms with Gasteiger partial charge in [-0.05, 0) is 20.3 Å². The fourth-order valence-electron chi connectivity index (χ4n) is 1.02. The van der Waals surface area contributed by atoms with E-state index in [1.807, 2.05) is 13.8 Å². The maximum Gasteiger partial charge on any atom is 0.323 e. The number of carbonyl (C=O) groups is 2. The second-order valence-electron chi connectivity index (χ2n) is 3.67. The normalized spacial score (nSPS) is 10.4. The van der Waals surface area contributed by atoms with E-state index in [0.717, 1.165) is 0 Å². The van der Waals surface area contributed by atoms with Crippen molar-refractivity contribution in [3.8, 4) is 0 Å². The fourth-order valence-corrected chi connectivity index (χ4v) is 1.02. The highest BCUT2D eigenvalue weighted by Gasteiger charge is 2.11. The number of amides is 1. The molecule has 0 atom stereocenters. The van der Waals surface area contributed by atoms with Crippen molar-refractivity contribution in [1.82, 2.24) is 4.90 Å². The molecule has 5 heteroatoms. The molecular weight excluding hydrogens is 198 g/mol. The first-order valence-corrected chi connectivity index (χ1v) is 5.01. The maximum absolute atomic E-state index is 11.3. The summed E-state index contributed by atoms with van der Waals surface area (Å²) in [4.78, 5) is 22.9. The summed E-state index contributed by atoms with van der Waals surface area (Å²) in [6.45, 7) is 4.14. The van der Waals surface area contributed by atoms with Gasteiger partial charge in [0.15, 0.2) is 0 Å². The molecule has 1 amide bonds. The van der Waals surface area contributed by atoms with E-state index in [0.29, 0.717) is 19.4 Å². The van der Waals surface area contributed by atoms with Crippen molar-refractivity contribution in [3.05, 3.63) is 0 Å². The molecule has 0 aromatic rings. The Morgan fingerprint density at radius 1 is 1.40 bits per heavy atom. The van der Waals surface area contributed by atoms with Crippen LogP contribution in [0.5, 0.6) is 0 Å². The van der Waals surface area contributed by atoms with Gasteiger partial charge in [0.1, 0.15) is 6.54 Å². The third kappa shape index (κ3) is 7.93. The molecule has 0 saturated heterocycles. The van der Waals surface area contributed by atoms with Crippen LogP contribution in [0.1, 0.15) is 26.7 Å². The van der Waals surface area contributed by atoms with E-state index < -0.39 is 5.97 Å². The van der Waals surface area contributed by atoms with Crippen molar-refractivity contribution in [2.75, 3.05) is 20.2 Å². The van der Waals surface area contributed by atoms with Gasteiger partial charge in [0.2, 0.25) is 5.91 Å². The standard InChI is InChI=1S/C10H19NO4/c1-8(2)15-6-4-5-9(12)11(3)7-10(13)14/h8H,4-7H2,1-3H3,(H,13,14). The van der Waals surface area contributed by atoms with E-state index in [-0.39, 0.29) is 18.6 Å². The van der Waals surface area contributed by atoms with Crippen molar-refractivity contribution >= 4 is 11.9 Å². The number of rotatable bonds is 7. The molecule has 0 aliphatic rings. The third-order valence-electron chi connectivity index (χ3n) is 1.78. The highest BCUT2D eigenvalue weighted by molar-refractivity contribution is 5.80. The molecule has 0 aliphatic carbocycles. The second-order valence-corrected chi connectivity index (χ2v) is 3.67. The minimum Gasteiger partial charge on any atom is -0.480 e. The van der Waals surface area contributed by atoms with Crippen LogP contribution in [0.4, 0.5) is 0 Å². The van der Waals surface area contributed by atoms with Gasteiger partial charge in [-0.2, -0.15) is 0 Å². The molecule has 0 rings (SSSR count). The smallest absolute Gasteiger partial charge is 0.323 e. The number of aliphatic carboxylic acids is 1. The summed E-state index contributed by atoms with van der Waals surface area (Å²) >= 11 is 0.